The molecule has 1 fully saturated rings. The largest absolute Gasteiger partial charge is 0.493 e. The van der Waals surface area contributed by atoms with Crippen LogP contribution in [0.25, 0.3) is 0 Å². The molecule has 4 aliphatic rings. The van der Waals surface area contributed by atoms with Gasteiger partial charge in [0.2, 0.25) is 0 Å². The Morgan fingerprint density at radius 3 is 2.70 bits per heavy atom. The molecule has 27 heavy (non-hydrogen) atoms. The fraction of sp³-hybridized carbons (Fsp3) is 0.500. The lowest BCUT2D eigenvalue weighted by atomic mass is 9.53. The van der Waals surface area contributed by atoms with Gasteiger partial charge in [-0.15, -0.1) is 0 Å². The minimum atomic E-state index is -4.67. The molecule has 146 valence electrons. The Bertz CT molecular complexity index is 933. The zero-order valence-corrected chi connectivity index (χ0v) is 15.8. The van der Waals surface area contributed by atoms with Gasteiger partial charge in [-0.05, 0) is 44.1 Å². The molecule has 0 unspecified atom stereocenters. The molecule has 2 bridgehead atoms. The molecule has 0 saturated carbocycles. The van der Waals surface area contributed by atoms with Crippen molar-refractivity contribution in [3.63, 3.8) is 0 Å². The molecule has 2 heterocycles. The number of carbonyl (C=O) groups is 1. The highest BCUT2D eigenvalue weighted by atomic mass is 32.3. The summed E-state index contributed by atoms with van der Waals surface area (Å²) in [6.07, 6.45) is 5.50. The van der Waals surface area contributed by atoms with E-state index >= 15 is 0 Å². The molecule has 4 atom stereocenters. The maximum atomic E-state index is 12.5. The van der Waals surface area contributed by atoms with Gasteiger partial charge in [-0.25, -0.2) is 0 Å². The minimum absolute atomic E-state index is 0.102. The summed E-state index contributed by atoms with van der Waals surface area (Å²) >= 11 is 0. The first-order valence-electron chi connectivity index (χ1n) is 8.66. The number of likely N-dealkylation sites (tertiary alicyclic amines) is 1. The SMILES string of the molecule is COc1ccc2c3c1O[C@H]1C(=O)C=C[C@H]4[C@@H](C2)N(C)CC[C@]314.O=S(=O)(O)O. The summed E-state index contributed by atoms with van der Waals surface area (Å²) < 4.78 is 43.3. The Balaban J connectivity index is 0.000000323. The monoisotopic (exact) mass is 395 g/mol. The number of hydrogen-bond acceptors (Lipinski definition) is 6. The second-order valence-corrected chi connectivity index (χ2v) is 8.30. The predicted molar refractivity (Wildman–Crippen MR) is 95.6 cm³/mol. The molecule has 1 aromatic rings. The fourth-order valence-corrected chi connectivity index (χ4v) is 5.23. The number of piperidine rings is 1. The Kier molecular flexibility index (Phi) is 4.12. The van der Waals surface area contributed by atoms with Gasteiger partial charge in [0.1, 0.15) is 0 Å². The van der Waals surface area contributed by atoms with E-state index in [1.807, 2.05) is 6.07 Å². The number of methoxy groups -OCH3 is 1. The quantitative estimate of drug-likeness (QED) is 0.679. The van der Waals surface area contributed by atoms with Crippen LogP contribution in [0, 0.1) is 5.92 Å². The Hall–Kier alpha value is -1.94. The standard InChI is InChI=1S/C18H19NO3.H2O4S/c1-19-8-7-18-11-4-5-13(20)17(18)22-16-14(21-2)6-3-10(15(16)18)9-12(11)19;1-5(2,3)4/h3-6,11-12,17H,7-9H2,1-2H3;(H2,1,2,3,4)/t11-,12+,17-,18-;/m0./s1. The molecule has 2 N–H and O–H groups in total. The Labute approximate surface area is 157 Å². The third-order valence-corrected chi connectivity index (χ3v) is 6.21. The van der Waals surface area contributed by atoms with Gasteiger partial charge in [0.15, 0.2) is 23.4 Å². The molecule has 0 radical (unpaired) electrons. The van der Waals surface area contributed by atoms with Gasteiger partial charge in [0.05, 0.1) is 12.5 Å². The number of likely N-dealkylation sites (N-methyl/N-ethyl adjacent to an activating group) is 1. The second-order valence-electron chi connectivity index (χ2n) is 7.41. The van der Waals surface area contributed by atoms with Crippen LogP contribution in [0.5, 0.6) is 11.5 Å². The molecular formula is C18H21NO7S. The summed E-state index contributed by atoms with van der Waals surface area (Å²) in [7, 11) is -0.804. The third kappa shape index (κ3) is 2.68. The first kappa shape index (κ1) is 18.4. The number of benzene rings is 1. The number of hydrogen-bond donors (Lipinski definition) is 2. The van der Waals surface area contributed by atoms with Crippen molar-refractivity contribution in [2.45, 2.75) is 30.4 Å². The fourth-order valence-electron chi connectivity index (χ4n) is 5.23. The highest BCUT2D eigenvalue weighted by Crippen LogP contribution is 2.61. The van der Waals surface area contributed by atoms with E-state index in [9.17, 15) is 4.79 Å². The molecular weight excluding hydrogens is 374 g/mol. The highest BCUT2D eigenvalue weighted by molar-refractivity contribution is 7.79. The van der Waals surface area contributed by atoms with Crippen LogP contribution in [0.15, 0.2) is 24.3 Å². The molecule has 1 saturated heterocycles. The maximum Gasteiger partial charge on any atom is 0.394 e. The Morgan fingerprint density at radius 1 is 1.33 bits per heavy atom. The van der Waals surface area contributed by atoms with Crippen LogP contribution >= 0.6 is 0 Å². The van der Waals surface area contributed by atoms with Crippen LogP contribution < -0.4 is 9.47 Å². The van der Waals surface area contributed by atoms with Crippen LogP contribution in [-0.2, 0) is 27.0 Å². The number of ether oxygens (including phenoxy) is 2. The highest BCUT2D eigenvalue weighted by Gasteiger charge is 2.64. The van der Waals surface area contributed by atoms with E-state index in [2.05, 4.69) is 24.1 Å². The van der Waals surface area contributed by atoms with E-state index in [0.29, 0.717) is 12.0 Å². The van der Waals surface area contributed by atoms with Crippen molar-refractivity contribution in [2.24, 2.45) is 5.92 Å². The summed E-state index contributed by atoms with van der Waals surface area (Å²) in [6.45, 7) is 1.01. The minimum Gasteiger partial charge on any atom is -0.493 e. The van der Waals surface area contributed by atoms with Gasteiger partial charge in [0, 0.05) is 17.5 Å². The predicted octanol–water partition coefficient (Wildman–Crippen LogP) is 1.06. The topological polar surface area (TPSA) is 113 Å². The first-order chi connectivity index (χ1) is 12.7. The summed E-state index contributed by atoms with van der Waals surface area (Å²) in [5.74, 6) is 2.03. The molecule has 2 aliphatic heterocycles. The van der Waals surface area contributed by atoms with E-state index in [4.69, 9.17) is 27.0 Å². The molecule has 9 heteroatoms. The smallest absolute Gasteiger partial charge is 0.394 e. The molecule has 1 spiro atoms. The van der Waals surface area contributed by atoms with Gasteiger partial charge >= 0.3 is 10.4 Å². The molecule has 5 rings (SSSR count). The van der Waals surface area contributed by atoms with E-state index in [0.717, 1.165) is 30.9 Å². The molecule has 8 nitrogen and oxygen atoms in total. The lowest BCUT2D eigenvalue weighted by molar-refractivity contribution is -0.127. The normalized spacial score (nSPS) is 32.9. The number of rotatable bonds is 1. The van der Waals surface area contributed by atoms with E-state index in [-0.39, 0.29) is 17.3 Å². The van der Waals surface area contributed by atoms with Crippen molar-refractivity contribution >= 4 is 16.2 Å². The van der Waals surface area contributed by atoms with Crippen LogP contribution in [0.3, 0.4) is 0 Å². The lowest BCUT2D eigenvalue weighted by Crippen LogP contribution is -2.64. The van der Waals surface area contributed by atoms with E-state index < -0.39 is 10.4 Å². The van der Waals surface area contributed by atoms with Crippen molar-refractivity contribution in [1.82, 2.24) is 4.90 Å². The molecule has 2 aliphatic carbocycles. The lowest BCUT2D eigenvalue weighted by Gasteiger charge is -2.55. The summed E-state index contributed by atoms with van der Waals surface area (Å²) in [6, 6.07) is 4.60. The van der Waals surface area contributed by atoms with Gasteiger partial charge in [-0.1, -0.05) is 12.1 Å². The number of carbonyl (C=O) groups excluding carboxylic acids is 1. The number of ketones is 1. The summed E-state index contributed by atoms with van der Waals surface area (Å²) in [4.78, 5) is 15.0. The van der Waals surface area contributed by atoms with Gasteiger partial charge in [-0.3, -0.25) is 13.9 Å². The first-order valence-corrected chi connectivity index (χ1v) is 10.1. The average molecular weight is 395 g/mol. The van der Waals surface area contributed by atoms with Crippen molar-refractivity contribution in [1.29, 1.82) is 0 Å². The van der Waals surface area contributed by atoms with Crippen LogP contribution in [0.4, 0.5) is 0 Å². The van der Waals surface area contributed by atoms with E-state index in [1.165, 1.54) is 11.1 Å². The molecule has 0 amide bonds. The van der Waals surface area contributed by atoms with Crippen molar-refractivity contribution < 1.29 is 31.8 Å². The van der Waals surface area contributed by atoms with Crippen LogP contribution in [0.2, 0.25) is 0 Å². The average Bonchev–Trinajstić information content (AvgIpc) is 2.93. The molecule has 0 aromatic heterocycles. The van der Waals surface area contributed by atoms with Crippen LogP contribution in [0.1, 0.15) is 17.5 Å². The van der Waals surface area contributed by atoms with Gasteiger partial charge in [-0.2, -0.15) is 8.42 Å². The third-order valence-electron chi connectivity index (χ3n) is 6.21. The second kappa shape index (κ2) is 6.03. The van der Waals surface area contributed by atoms with Gasteiger partial charge in [0.25, 0.3) is 0 Å². The summed E-state index contributed by atoms with van der Waals surface area (Å²) in [5, 5.41) is 0. The van der Waals surface area contributed by atoms with Crippen LogP contribution in [-0.4, -0.2) is 61.1 Å². The summed E-state index contributed by atoms with van der Waals surface area (Å²) in [5.41, 5.74) is 2.40. The zero-order valence-electron chi connectivity index (χ0n) is 15.0. The zero-order chi connectivity index (χ0) is 19.6. The number of nitrogens with zero attached hydrogens (tertiary/aromatic N) is 1. The molecule has 1 aromatic carbocycles. The van der Waals surface area contributed by atoms with Crippen molar-refractivity contribution in [3.05, 3.63) is 35.4 Å². The maximum absolute atomic E-state index is 12.5. The van der Waals surface area contributed by atoms with Crippen molar-refractivity contribution in [2.75, 3.05) is 20.7 Å². The Morgan fingerprint density at radius 2 is 2.04 bits per heavy atom. The van der Waals surface area contributed by atoms with Crippen molar-refractivity contribution in [3.8, 4) is 11.5 Å². The van der Waals surface area contributed by atoms with E-state index in [1.54, 1.807) is 13.2 Å². The van der Waals surface area contributed by atoms with Gasteiger partial charge < -0.3 is 14.4 Å².